The number of amides is 1. The molecule has 0 unspecified atom stereocenters. The zero-order chi connectivity index (χ0) is 20.9. The van der Waals surface area contributed by atoms with Gasteiger partial charge >= 0.3 is 0 Å². The van der Waals surface area contributed by atoms with Crippen LogP contribution in [-0.2, 0) is 24.2 Å². The second kappa shape index (κ2) is 9.43. The zero-order valence-electron chi connectivity index (χ0n) is 17.5. The van der Waals surface area contributed by atoms with E-state index >= 15 is 0 Å². The zero-order valence-corrected chi connectivity index (χ0v) is 18.3. The number of aromatic nitrogens is 2. The van der Waals surface area contributed by atoms with Crippen molar-refractivity contribution in [3.63, 3.8) is 0 Å². The lowest BCUT2D eigenvalue weighted by molar-refractivity contribution is -0.139. The molecule has 3 aromatic rings. The number of nitrogens with zero attached hydrogens (tertiary/aromatic N) is 3. The summed E-state index contributed by atoms with van der Waals surface area (Å²) in [6.45, 7) is 4.73. The van der Waals surface area contributed by atoms with Crippen molar-refractivity contribution < 1.29 is 14.1 Å². The predicted octanol–water partition coefficient (Wildman–Crippen LogP) is 4.88. The molecule has 0 spiro atoms. The highest BCUT2D eigenvalue weighted by Gasteiger charge is 2.26. The Morgan fingerprint density at radius 1 is 1.23 bits per heavy atom. The van der Waals surface area contributed by atoms with E-state index in [4.69, 9.17) is 9.26 Å². The highest BCUT2D eigenvalue weighted by Crippen LogP contribution is 2.27. The van der Waals surface area contributed by atoms with Crippen LogP contribution in [0.1, 0.15) is 50.1 Å². The van der Waals surface area contributed by atoms with Crippen LogP contribution in [0.3, 0.4) is 0 Å². The Morgan fingerprint density at radius 3 is 2.80 bits per heavy atom. The maximum Gasteiger partial charge on any atom is 0.264 e. The fourth-order valence-corrected chi connectivity index (χ4v) is 4.44. The number of fused-ring (bicyclic) bond motifs is 1. The van der Waals surface area contributed by atoms with Crippen molar-refractivity contribution >= 4 is 17.2 Å². The fraction of sp³-hybridized carbons (Fsp3) is 0.435. The Hall–Kier alpha value is -2.67. The summed E-state index contributed by atoms with van der Waals surface area (Å²) in [7, 11) is 0. The number of hydrogen-bond donors (Lipinski definition) is 0. The molecule has 0 bridgehead atoms. The molecule has 2 heterocycles. The quantitative estimate of drug-likeness (QED) is 0.514. The third-order valence-corrected chi connectivity index (χ3v) is 6.34. The summed E-state index contributed by atoms with van der Waals surface area (Å²) in [5.41, 5.74) is 2.75. The lowest BCUT2D eigenvalue weighted by atomic mass is 9.92. The average Bonchev–Trinajstić information content (AvgIpc) is 3.47. The van der Waals surface area contributed by atoms with Gasteiger partial charge in [-0.3, -0.25) is 4.79 Å². The first-order chi connectivity index (χ1) is 14.7. The third-order valence-electron chi connectivity index (χ3n) is 5.47. The van der Waals surface area contributed by atoms with E-state index in [2.05, 4.69) is 22.3 Å². The van der Waals surface area contributed by atoms with Gasteiger partial charge in [0.25, 0.3) is 5.91 Å². The molecule has 0 N–H and O–H groups in total. The SMILES string of the molecule is CC[C@H](Oc1ccc2c(c1)CCCC2)C(=O)N(CC)Cc1nc(-c2cccs2)no1. The van der Waals surface area contributed by atoms with Crippen LogP contribution < -0.4 is 4.74 Å². The maximum absolute atomic E-state index is 13.2. The van der Waals surface area contributed by atoms with Gasteiger partial charge in [0, 0.05) is 6.54 Å². The molecule has 30 heavy (non-hydrogen) atoms. The summed E-state index contributed by atoms with van der Waals surface area (Å²) >= 11 is 1.55. The number of thiophene rings is 1. The van der Waals surface area contributed by atoms with Gasteiger partial charge in [0.2, 0.25) is 11.7 Å². The van der Waals surface area contributed by atoms with Gasteiger partial charge in [-0.2, -0.15) is 4.98 Å². The molecule has 1 aliphatic rings. The molecule has 158 valence electrons. The van der Waals surface area contributed by atoms with Gasteiger partial charge < -0.3 is 14.2 Å². The maximum atomic E-state index is 13.2. The second-order valence-electron chi connectivity index (χ2n) is 7.49. The van der Waals surface area contributed by atoms with E-state index in [1.165, 1.54) is 24.0 Å². The number of rotatable bonds is 8. The van der Waals surface area contributed by atoms with Crippen LogP contribution in [0.15, 0.2) is 40.2 Å². The first-order valence-electron chi connectivity index (χ1n) is 10.6. The van der Waals surface area contributed by atoms with Crippen LogP contribution in [0, 0.1) is 0 Å². The Labute approximate surface area is 180 Å². The van der Waals surface area contributed by atoms with Crippen LogP contribution in [0.4, 0.5) is 0 Å². The molecule has 0 saturated heterocycles. The monoisotopic (exact) mass is 425 g/mol. The predicted molar refractivity (Wildman–Crippen MR) is 116 cm³/mol. The molecule has 1 aliphatic carbocycles. The number of hydrogen-bond acceptors (Lipinski definition) is 6. The molecule has 2 aromatic heterocycles. The Morgan fingerprint density at radius 2 is 2.07 bits per heavy atom. The van der Waals surface area contributed by atoms with Crippen LogP contribution in [0.2, 0.25) is 0 Å². The van der Waals surface area contributed by atoms with Crippen LogP contribution in [0.5, 0.6) is 5.75 Å². The van der Waals surface area contributed by atoms with E-state index in [0.717, 1.165) is 23.5 Å². The Bertz CT molecular complexity index is 984. The molecule has 7 heteroatoms. The molecule has 4 rings (SSSR count). The topological polar surface area (TPSA) is 68.5 Å². The van der Waals surface area contributed by atoms with Gasteiger partial charge in [0.05, 0.1) is 4.88 Å². The van der Waals surface area contributed by atoms with Crippen molar-refractivity contribution in [3.8, 4) is 16.5 Å². The summed E-state index contributed by atoms with van der Waals surface area (Å²) in [6.07, 6.45) is 4.74. The molecule has 1 amide bonds. The molecule has 1 aromatic carbocycles. The minimum atomic E-state index is -0.536. The number of ether oxygens (including phenoxy) is 1. The van der Waals surface area contributed by atoms with Crippen LogP contribution in [-0.4, -0.2) is 33.6 Å². The summed E-state index contributed by atoms with van der Waals surface area (Å²) in [6, 6.07) is 10.1. The van der Waals surface area contributed by atoms with E-state index in [0.29, 0.717) is 24.7 Å². The minimum Gasteiger partial charge on any atom is -0.481 e. The first kappa shape index (κ1) is 20.6. The molecule has 6 nitrogen and oxygen atoms in total. The molecular weight excluding hydrogens is 398 g/mol. The lowest BCUT2D eigenvalue weighted by Gasteiger charge is -2.25. The van der Waals surface area contributed by atoms with E-state index in [9.17, 15) is 4.79 Å². The molecule has 0 fully saturated rings. The van der Waals surface area contributed by atoms with Crippen LogP contribution in [0.25, 0.3) is 10.7 Å². The van der Waals surface area contributed by atoms with Crippen molar-refractivity contribution in [3.05, 3.63) is 52.7 Å². The number of benzene rings is 1. The smallest absolute Gasteiger partial charge is 0.264 e. The van der Waals surface area contributed by atoms with E-state index < -0.39 is 6.10 Å². The van der Waals surface area contributed by atoms with Crippen molar-refractivity contribution in [2.45, 2.75) is 58.6 Å². The van der Waals surface area contributed by atoms with Gasteiger partial charge in [-0.05, 0) is 73.7 Å². The van der Waals surface area contributed by atoms with Crippen molar-refractivity contribution in [2.75, 3.05) is 6.54 Å². The summed E-state index contributed by atoms with van der Waals surface area (Å²) < 4.78 is 11.5. The van der Waals surface area contributed by atoms with Crippen LogP contribution >= 0.6 is 11.3 Å². The fourth-order valence-electron chi connectivity index (χ4n) is 3.79. The average molecular weight is 426 g/mol. The standard InChI is InChI=1S/C23H27N3O3S/c1-3-19(28-18-12-11-16-8-5-6-9-17(16)14-18)23(27)26(4-2)15-21-24-22(25-29-21)20-10-7-13-30-20/h7,10-14,19H,3-6,8-9,15H2,1-2H3/t19-/m0/s1. The highest BCUT2D eigenvalue weighted by molar-refractivity contribution is 7.13. The van der Waals surface area contributed by atoms with Gasteiger partial charge in [0.15, 0.2) is 6.10 Å². The summed E-state index contributed by atoms with van der Waals surface area (Å²) in [5, 5.41) is 6.00. The summed E-state index contributed by atoms with van der Waals surface area (Å²) in [5.74, 6) is 1.69. The Balaban J connectivity index is 1.43. The molecular formula is C23H27N3O3S. The van der Waals surface area contributed by atoms with Crippen molar-refractivity contribution in [1.82, 2.24) is 15.0 Å². The molecule has 0 aliphatic heterocycles. The number of carbonyl (C=O) groups is 1. The largest absolute Gasteiger partial charge is 0.481 e. The van der Waals surface area contributed by atoms with Crippen molar-refractivity contribution in [1.29, 1.82) is 0 Å². The second-order valence-corrected chi connectivity index (χ2v) is 8.44. The van der Waals surface area contributed by atoms with Crippen molar-refractivity contribution in [2.24, 2.45) is 0 Å². The van der Waals surface area contributed by atoms with Gasteiger partial charge in [-0.1, -0.05) is 24.2 Å². The van der Waals surface area contributed by atoms with E-state index in [-0.39, 0.29) is 12.5 Å². The highest BCUT2D eigenvalue weighted by atomic mass is 32.1. The minimum absolute atomic E-state index is 0.0615. The molecule has 1 atom stereocenters. The van der Waals surface area contributed by atoms with E-state index in [1.807, 2.05) is 37.4 Å². The van der Waals surface area contributed by atoms with Gasteiger partial charge in [-0.15, -0.1) is 11.3 Å². The van der Waals surface area contributed by atoms with Gasteiger partial charge in [-0.25, -0.2) is 0 Å². The molecule has 0 radical (unpaired) electrons. The number of carbonyl (C=O) groups excluding carboxylic acids is 1. The summed E-state index contributed by atoms with van der Waals surface area (Å²) in [4.78, 5) is 20.2. The van der Waals surface area contributed by atoms with E-state index in [1.54, 1.807) is 16.2 Å². The third kappa shape index (κ3) is 4.56. The molecule has 0 saturated carbocycles. The first-order valence-corrected chi connectivity index (χ1v) is 11.5. The lowest BCUT2D eigenvalue weighted by Crippen LogP contribution is -2.41. The Kier molecular flexibility index (Phi) is 6.47. The number of aryl methyl sites for hydroxylation is 2. The van der Waals surface area contributed by atoms with Gasteiger partial charge in [0.1, 0.15) is 12.3 Å². The normalized spacial score (nSPS) is 14.2. The number of likely N-dealkylation sites (N-methyl/N-ethyl adjacent to an activating group) is 1.